The molecule has 2 N–H and O–H groups in total. The Kier molecular flexibility index (Phi) is 1.19. The SMILES string of the molecule is O=C1CC2CC2C(C(=O)O)N1. The smallest absolute Gasteiger partial charge is 0.326 e. The number of rotatable bonds is 1. The van der Waals surface area contributed by atoms with Crippen molar-refractivity contribution in [1.82, 2.24) is 5.32 Å². The molecule has 1 aliphatic heterocycles. The van der Waals surface area contributed by atoms with Gasteiger partial charge in [-0.15, -0.1) is 0 Å². The second kappa shape index (κ2) is 1.96. The Labute approximate surface area is 63.6 Å². The van der Waals surface area contributed by atoms with Gasteiger partial charge in [-0.1, -0.05) is 0 Å². The third-order valence-corrected chi connectivity index (χ3v) is 2.44. The lowest BCUT2D eigenvalue weighted by molar-refractivity contribution is -0.143. The minimum absolute atomic E-state index is 0.115. The van der Waals surface area contributed by atoms with Crippen LogP contribution in [0, 0.1) is 11.8 Å². The first-order chi connectivity index (χ1) is 5.18. The number of carbonyl (C=O) groups is 2. The van der Waals surface area contributed by atoms with Crippen molar-refractivity contribution >= 4 is 11.9 Å². The van der Waals surface area contributed by atoms with Crippen LogP contribution in [0.5, 0.6) is 0 Å². The molecule has 0 aromatic heterocycles. The van der Waals surface area contributed by atoms with Gasteiger partial charge < -0.3 is 10.4 Å². The van der Waals surface area contributed by atoms with Gasteiger partial charge in [-0.05, 0) is 18.3 Å². The second-order valence-corrected chi connectivity index (χ2v) is 3.25. The Hall–Kier alpha value is -1.06. The Bertz CT molecular complexity index is 224. The summed E-state index contributed by atoms with van der Waals surface area (Å²) in [6, 6.07) is -0.610. The van der Waals surface area contributed by atoms with Crippen molar-refractivity contribution < 1.29 is 14.7 Å². The lowest BCUT2D eigenvalue weighted by Gasteiger charge is -2.18. The predicted octanol–water partition coefficient (Wildman–Crippen LogP) is -0.404. The van der Waals surface area contributed by atoms with E-state index in [1.54, 1.807) is 0 Å². The summed E-state index contributed by atoms with van der Waals surface area (Å²) in [7, 11) is 0. The van der Waals surface area contributed by atoms with Crippen LogP contribution in [-0.4, -0.2) is 23.0 Å². The van der Waals surface area contributed by atoms with Crippen molar-refractivity contribution in [3.8, 4) is 0 Å². The van der Waals surface area contributed by atoms with Gasteiger partial charge in [0.1, 0.15) is 6.04 Å². The molecule has 2 aliphatic rings. The third-order valence-electron chi connectivity index (χ3n) is 2.44. The summed E-state index contributed by atoms with van der Waals surface area (Å²) in [6.45, 7) is 0. The van der Waals surface area contributed by atoms with Crippen molar-refractivity contribution in [1.29, 1.82) is 0 Å². The third kappa shape index (κ3) is 0.982. The molecule has 2 fully saturated rings. The number of nitrogens with one attached hydrogen (secondary N) is 1. The molecule has 3 atom stereocenters. The Morgan fingerprint density at radius 1 is 1.64 bits per heavy atom. The topological polar surface area (TPSA) is 66.4 Å². The summed E-state index contributed by atoms with van der Waals surface area (Å²) in [5.74, 6) is -0.447. The van der Waals surface area contributed by atoms with Crippen LogP contribution in [0.15, 0.2) is 0 Å². The highest BCUT2D eigenvalue weighted by atomic mass is 16.4. The molecule has 60 valence electrons. The van der Waals surface area contributed by atoms with E-state index >= 15 is 0 Å². The van der Waals surface area contributed by atoms with E-state index in [0.29, 0.717) is 12.3 Å². The lowest BCUT2D eigenvalue weighted by Crippen LogP contribution is -2.45. The van der Waals surface area contributed by atoms with Crippen molar-refractivity contribution in [2.75, 3.05) is 0 Å². The van der Waals surface area contributed by atoms with Crippen LogP contribution >= 0.6 is 0 Å². The average molecular weight is 155 g/mol. The molecule has 2 rings (SSSR count). The van der Waals surface area contributed by atoms with Crippen LogP contribution in [0.1, 0.15) is 12.8 Å². The average Bonchev–Trinajstić information content (AvgIpc) is 2.63. The number of carboxylic acids is 1. The van der Waals surface area contributed by atoms with E-state index in [4.69, 9.17) is 5.11 Å². The summed E-state index contributed by atoms with van der Waals surface area (Å²) in [4.78, 5) is 21.4. The Balaban J connectivity index is 2.10. The van der Waals surface area contributed by atoms with E-state index in [9.17, 15) is 9.59 Å². The van der Waals surface area contributed by atoms with Crippen LogP contribution in [0.3, 0.4) is 0 Å². The van der Waals surface area contributed by atoms with Crippen molar-refractivity contribution in [3.05, 3.63) is 0 Å². The van der Waals surface area contributed by atoms with Crippen LogP contribution in [0.25, 0.3) is 0 Å². The van der Waals surface area contributed by atoms with Gasteiger partial charge in [0, 0.05) is 6.42 Å². The zero-order valence-electron chi connectivity index (χ0n) is 5.91. The fourth-order valence-corrected chi connectivity index (χ4v) is 1.74. The molecule has 4 heteroatoms. The number of carbonyl (C=O) groups excluding carboxylic acids is 1. The van der Waals surface area contributed by atoms with Gasteiger partial charge in [-0.2, -0.15) is 0 Å². The molecular weight excluding hydrogens is 146 g/mol. The van der Waals surface area contributed by atoms with Crippen molar-refractivity contribution in [2.24, 2.45) is 11.8 Å². The largest absolute Gasteiger partial charge is 0.480 e. The number of fused-ring (bicyclic) bond motifs is 1. The fourth-order valence-electron chi connectivity index (χ4n) is 1.74. The van der Waals surface area contributed by atoms with E-state index in [2.05, 4.69) is 5.32 Å². The summed E-state index contributed by atoms with van der Waals surface area (Å²) in [5.41, 5.74) is 0. The zero-order valence-corrected chi connectivity index (χ0v) is 5.91. The van der Waals surface area contributed by atoms with Crippen LogP contribution < -0.4 is 5.32 Å². The quantitative estimate of drug-likeness (QED) is 0.541. The first-order valence-electron chi connectivity index (χ1n) is 3.70. The maximum absolute atomic E-state index is 10.8. The molecule has 1 aliphatic carbocycles. The predicted molar refractivity (Wildman–Crippen MR) is 35.8 cm³/mol. The van der Waals surface area contributed by atoms with Gasteiger partial charge >= 0.3 is 5.97 Å². The number of piperidine rings is 1. The molecule has 1 saturated carbocycles. The molecule has 1 heterocycles. The molecule has 0 bridgehead atoms. The van der Waals surface area contributed by atoms with Gasteiger partial charge in [-0.25, -0.2) is 4.79 Å². The van der Waals surface area contributed by atoms with Gasteiger partial charge in [0.15, 0.2) is 0 Å². The maximum Gasteiger partial charge on any atom is 0.326 e. The first-order valence-corrected chi connectivity index (χ1v) is 3.70. The molecule has 3 unspecified atom stereocenters. The first kappa shape index (κ1) is 6.64. The molecule has 0 radical (unpaired) electrons. The van der Waals surface area contributed by atoms with E-state index in [1.807, 2.05) is 0 Å². The number of carboxylic acid groups (broad SMARTS) is 1. The highest BCUT2D eigenvalue weighted by Crippen LogP contribution is 2.46. The number of hydrogen-bond donors (Lipinski definition) is 2. The standard InChI is InChI=1S/C7H9NO3/c9-5-2-3-1-4(3)6(8-5)7(10)11/h3-4,6H,1-2H2,(H,8,9)(H,10,11). The second-order valence-electron chi connectivity index (χ2n) is 3.25. The van der Waals surface area contributed by atoms with E-state index < -0.39 is 12.0 Å². The molecule has 0 aromatic carbocycles. The van der Waals surface area contributed by atoms with E-state index in [1.165, 1.54) is 0 Å². The van der Waals surface area contributed by atoms with Gasteiger partial charge in [0.25, 0.3) is 0 Å². The van der Waals surface area contributed by atoms with Gasteiger partial charge in [0.2, 0.25) is 5.91 Å². The number of amides is 1. The highest BCUT2D eigenvalue weighted by Gasteiger charge is 2.51. The lowest BCUT2D eigenvalue weighted by atomic mass is 10.1. The maximum atomic E-state index is 10.8. The monoisotopic (exact) mass is 155 g/mol. The number of hydrogen-bond acceptors (Lipinski definition) is 2. The Morgan fingerprint density at radius 2 is 2.36 bits per heavy atom. The van der Waals surface area contributed by atoms with Crippen LogP contribution in [-0.2, 0) is 9.59 Å². The molecule has 1 amide bonds. The zero-order chi connectivity index (χ0) is 8.01. The summed E-state index contributed by atoms with van der Waals surface area (Å²) in [6.07, 6.45) is 1.42. The normalized spacial score (nSPS) is 40.7. The molecule has 11 heavy (non-hydrogen) atoms. The minimum atomic E-state index is -0.898. The summed E-state index contributed by atoms with van der Waals surface area (Å²) in [5, 5.41) is 11.1. The van der Waals surface area contributed by atoms with E-state index in [0.717, 1.165) is 6.42 Å². The van der Waals surface area contributed by atoms with Crippen LogP contribution in [0.4, 0.5) is 0 Å². The van der Waals surface area contributed by atoms with Crippen molar-refractivity contribution in [2.45, 2.75) is 18.9 Å². The number of aliphatic carboxylic acids is 1. The molecule has 1 saturated heterocycles. The van der Waals surface area contributed by atoms with Gasteiger partial charge in [-0.3, -0.25) is 4.79 Å². The van der Waals surface area contributed by atoms with Crippen LogP contribution in [0.2, 0.25) is 0 Å². The summed E-state index contributed by atoms with van der Waals surface area (Å²) >= 11 is 0. The van der Waals surface area contributed by atoms with E-state index in [-0.39, 0.29) is 11.8 Å². The van der Waals surface area contributed by atoms with Gasteiger partial charge in [0.05, 0.1) is 0 Å². The summed E-state index contributed by atoms with van der Waals surface area (Å²) < 4.78 is 0. The Morgan fingerprint density at radius 3 is 3.00 bits per heavy atom. The molecular formula is C7H9NO3. The minimum Gasteiger partial charge on any atom is -0.480 e. The highest BCUT2D eigenvalue weighted by molar-refractivity contribution is 5.86. The molecule has 0 spiro atoms. The molecule has 4 nitrogen and oxygen atoms in total. The fraction of sp³-hybridized carbons (Fsp3) is 0.714. The van der Waals surface area contributed by atoms with Crippen molar-refractivity contribution in [3.63, 3.8) is 0 Å². The molecule has 0 aromatic rings.